The molecule has 2 rings (SSSR count). The van der Waals surface area contributed by atoms with Crippen molar-refractivity contribution in [3.05, 3.63) is 10.7 Å². The molecule has 0 spiro atoms. The molecule has 1 aromatic heterocycles. The first kappa shape index (κ1) is 15.9. The van der Waals surface area contributed by atoms with E-state index in [1.807, 2.05) is 6.92 Å². The average molecular weight is 318 g/mol. The maximum absolute atomic E-state index is 12.7. The molecule has 20 heavy (non-hydrogen) atoms. The fourth-order valence-electron chi connectivity index (χ4n) is 2.77. The number of rotatable bonds is 4. The Hall–Kier alpha value is -0.500. The molecule has 1 fully saturated rings. The van der Waals surface area contributed by atoms with Crippen LogP contribution >= 0.6 is 11.3 Å². The fraction of sp³-hybridized carbons (Fsp3) is 0.769. The monoisotopic (exact) mass is 318 g/mol. The Morgan fingerprint density at radius 3 is 2.35 bits per heavy atom. The van der Waals surface area contributed by atoms with E-state index >= 15 is 0 Å². The minimum Gasteiger partial charge on any atom is -0.396 e. The molecule has 114 valence electrons. The van der Waals surface area contributed by atoms with Crippen LogP contribution in [-0.4, -0.2) is 42.5 Å². The number of sulfonamides is 1. The van der Waals surface area contributed by atoms with Crippen LogP contribution in [0.15, 0.2) is 4.21 Å². The molecule has 0 bridgehead atoms. The third-order valence-corrected chi connectivity index (χ3v) is 7.63. The zero-order valence-electron chi connectivity index (χ0n) is 12.2. The lowest BCUT2D eigenvalue weighted by Crippen LogP contribution is -2.39. The van der Waals surface area contributed by atoms with Gasteiger partial charge in [-0.15, -0.1) is 11.3 Å². The van der Waals surface area contributed by atoms with Crippen LogP contribution in [0, 0.1) is 19.8 Å². The largest absolute Gasteiger partial charge is 0.396 e. The molecule has 1 aromatic rings. The van der Waals surface area contributed by atoms with Gasteiger partial charge in [0.05, 0.1) is 10.7 Å². The molecule has 1 N–H and O–H groups in total. The van der Waals surface area contributed by atoms with E-state index in [1.165, 1.54) is 15.6 Å². The first-order valence-electron chi connectivity index (χ1n) is 6.89. The summed E-state index contributed by atoms with van der Waals surface area (Å²) in [6.45, 7) is 3.77. The number of hydrogen-bond donors (Lipinski definition) is 1. The molecule has 0 radical (unpaired) electrons. The molecule has 0 atom stereocenters. The standard InChI is InChI=1S/C13H22N2O3S2/c1-9-13(19-10(2)14-9)20(17,18)15(3)12-6-4-11(8-16)5-7-12/h11-12,16H,4-8H2,1-3H3. The predicted molar refractivity (Wildman–Crippen MR) is 79.4 cm³/mol. The van der Waals surface area contributed by atoms with E-state index in [0.717, 1.165) is 30.7 Å². The summed E-state index contributed by atoms with van der Waals surface area (Å²) in [7, 11) is -1.79. The van der Waals surface area contributed by atoms with Gasteiger partial charge < -0.3 is 5.11 Å². The van der Waals surface area contributed by atoms with Crippen molar-refractivity contribution in [2.24, 2.45) is 5.92 Å². The lowest BCUT2D eigenvalue weighted by molar-refractivity contribution is 0.159. The van der Waals surface area contributed by atoms with E-state index in [4.69, 9.17) is 5.11 Å². The summed E-state index contributed by atoms with van der Waals surface area (Å²) in [5.74, 6) is 0.328. The van der Waals surface area contributed by atoms with Gasteiger partial charge in [-0.25, -0.2) is 13.4 Å². The second-order valence-corrected chi connectivity index (χ2v) is 8.88. The van der Waals surface area contributed by atoms with Gasteiger partial charge in [-0.1, -0.05) is 0 Å². The maximum atomic E-state index is 12.7. The third-order valence-electron chi connectivity index (χ3n) is 4.06. The highest BCUT2D eigenvalue weighted by molar-refractivity contribution is 7.91. The Morgan fingerprint density at radius 1 is 1.30 bits per heavy atom. The highest BCUT2D eigenvalue weighted by Crippen LogP contribution is 2.32. The van der Waals surface area contributed by atoms with Crippen LogP contribution < -0.4 is 0 Å². The minimum absolute atomic E-state index is 0.0320. The molecular formula is C13H22N2O3S2. The average Bonchev–Trinajstić information content (AvgIpc) is 2.77. The summed E-state index contributed by atoms with van der Waals surface area (Å²) in [4.78, 5) is 4.21. The van der Waals surface area contributed by atoms with Gasteiger partial charge in [-0.3, -0.25) is 0 Å². The molecule has 0 amide bonds. The van der Waals surface area contributed by atoms with Crippen LogP contribution in [0.25, 0.3) is 0 Å². The van der Waals surface area contributed by atoms with Crippen molar-refractivity contribution in [3.63, 3.8) is 0 Å². The molecule has 0 aromatic carbocycles. The van der Waals surface area contributed by atoms with Crippen LogP contribution in [0.2, 0.25) is 0 Å². The molecule has 0 unspecified atom stereocenters. The van der Waals surface area contributed by atoms with Gasteiger partial charge in [0, 0.05) is 19.7 Å². The maximum Gasteiger partial charge on any atom is 0.254 e. The Kier molecular flexibility index (Phi) is 4.84. The van der Waals surface area contributed by atoms with Gasteiger partial charge >= 0.3 is 0 Å². The summed E-state index contributed by atoms with van der Waals surface area (Å²) in [5, 5.41) is 9.93. The molecule has 1 aliphatic rings. The zero-order valence-corrected chi connectivity index (χ0v) is 13.8. The Bertz CT molecular complexity index is 560. The molecule has 5 nitrogen and oxygen atoms in total. The van der Waals surface area contributed by atoms with Gasteiger partial charge in [0.1, 0.15) is 0 Å². The number of aliphatic hydroxyl groups excluding tert-OH is 1. The van der Waals surface area contributed by atoms with Crippen LogP contribution in [0.5, 0.6) is 0 Å². The number of aryl methyl sites for hydroxylation is 2. The van der Waals surface area contributed by atoms with E-state index in [-0.39, 0.29) is 12.6 Å². The molecule has 1 heterocycles. The number of aromatic nitrogens is 1. The van der Waals surface area contributed by atoms with Crippen molar-refractivity contribution in [1.29, 1.82) is 0 Å². The Labute approximate surface area is 124 Å². The first-order valence-corrected chi connectivity index (χ1v) is 9.14. The van der Waals surface area contributed by atoms with Gasteiger partial charge in [0.25, 0.3) is 10.0 Å². The van der Waals surface area contributed by atoms with E-state index in [0.29, 0.717) is 15.8 Å². The SMILES string of the molecule is Cc1nc(C)c(S(=O)(=O)N(C)C2CCC(CO)CC2)s1. The number of nitrogens with zero attached hydrogens (tertiary/aromatic N) is 2. The summed E-state index contributed by atoms with van der Waals surface area (Å²) in [5.41, 5.74) is 0.586. The predicted octanol–water partition coefficient (Wildman–Crippen LogP) is 1.93. The smallest absolute Gasteiger partial charge is 0.254 e. The lowest BCUT2D eigenvalue weighted by Gasteiger charge is -2.33. The summed E-state index contributed by atoms with van der Waals surface area (Å²) >= 11 is 1.24. The minimum atomic E-state index is -3.45. The van der Waals surface area contributed by atoms with E-state index in [2.05, 4.69) is 4.98 Å². The van der Waals surface area contributed by atoms with Crippen molar-refractivity contribution >= 4 is 21.4 Å². The second kappa shape index (κ2) is 6.09. The zero-order chi connectivity index (χ0) is 14.9. The van der Waals surface area contributed by atoms with Crippen molar-refractivity contribution in [3.8, 4) is 0 Å². The van der Waals surface area contributed by atoms with Crippen molar-refractivity contribution < 1.29 is 13.5 Å². The topological polar surface area (TPSA) is 70.5 Å². The van der Waals surface area contributed by atoms with Gasteiger partial charge in [-0.2, -0.15) is 4.31 Å². The van der Waals surface area contributed by atoms with Crippen molar-refractivity contribution in [2.75, 3.05) is 13.7 Å². The van der Waals surface area contributed by atoms with E-state index in [9.17, 15) is 8.42 Å². The van der Waals surface area contributed by atoms with Crippen LogP contribution in [0.4, 0.5) is 0 Å². The highest BCUT2D eigenvalue weighted by Gasteiger charge is 2.33. The van der Waals surface area contributed by atoms with Crippen LogP contribution in [-0.2, 0) is 10.0 Å². The van der Waals surface area contributed by atoms with E-state index in [1.54, 1.807) is 14.0 Å². The molecule has 0 saturated heterocycles. The normalized spacial score (nSPS) is 24.2. The quantitative estimate of drug-likeness (QED) is 0.921. The Balaban J connectivity index is 2.16. The van der Waals surface area contributed by atoms with Gasteiger partial charge in [-0.05, 0) is 45.4 Å². The highest BCUT2D eigenvalue weighted by atomic mass is 32.2. The first-order chi connectivity index (χ1) is 9.36. The van der Waals surface area contributed by atoms with Crippen LogP contribution in [0.1, 0.15) is 36.4 Å². The van der Waals surface area contributed by atoms with Crippen molar-refractivity contribution in [2.45, 2.75) is 49.8 Å². The molecule has 0 aliphatic heterocycles. The molecular weight excluding hydrogens is 296 g/mol. The summed E-state index contributed by atoms with van der Waals surface area (Å²) in [6.07, 6.45) is 3.42. The lowest BCUT2D eigenvalue weighted by atomic mass is 9.87. The van der Waals surface area contributed by atoms with E-state index < -0.39 is 10.0 Å². The van der Waals surface area contributed by atoms with Gasteiger partial charge in [0.15, 0.2) is 4.21 Å². The van der Waals surface area contributed by atoms with Crippen LogP contribution in [0.3, 0.4) is 0 Å². The van der Waals surface area contributed by atoms with Crippen molar-refractivity contribution in [1.82, 2.24) is 9.29 Å². The molecule has 7 heteroatoms. The fourth-order valence-corrected chi connectivity index (χ4v) is 5.83. The number of thiazole rings is 1. The summed E-state index contributed by atoms with van der Waals surface area (Å²) in [6, 6.07) is 0.0320. The Morgan fingerprint density at radius 2 is 1.90 bits per heavy atom. The second-order valence-electron chi connectivity index (χ2n) is 5.48. The summed E-state index contributed by atoms with van der Waals surface area (Å²) < 4.78 is 27.2. The molecule has 1 aliphatic carbocycles. The van der Waals surface area contributed by atoms with Gasteiger partial charge in [0.2, 0.25) is 0 Å². The molecule has 1 saturated carbocycles. The third kappa shape index (κ3) is 3.05. The number of hydrogen-bond acceptors (Lipinski definition) is 5. The number of aliphatic hydroxyl groups is 1.